The monoisotopic (exact) mass is 248 g/mol. The second kappa shape index (κ2) is 6.40. The number of carbonyl (C=O) groups is 1. The minimum absolute atomic E-state index is 0.0561. The first-order chi connectivity index (χ1) is 8.79. The number of benzene rings is 1. The summed E-state index contributed by atoms with van der Waals surface area (Å²) in [6.07, 6.45) is 2.31. The van der Waals surface area contributed by atoms with Crippen LogP contribution in [0.15, 0.2) is 18.2 Å². The van der Waals surface area contributed by atoms with Gasteiger partial charge in [0.15, 0.2) is 0 Å². The summed E-state index contributed by atoms with van der Waals surface area (Å²) in [7, 11) is 0. The van der Waals surface area contributed by atoms with Crippen LogP contribution >= 0.6 is 0 Å². The lowest BCUT2D eigenvalue weighted by Crippen LogP contribution is -2.12. The maximum atomic E-state index is 11.7. The number of fused-ring (bicyclic) bond motifs is 1. The summed E-state index contributed by atoms with van der Waals surface area (Å²) in [6.45, 7) is 4.30. The molecule has 2 rings (SSSR count). The highest BCUT2D eigenvalue weighted by atomic mass is 16.5. The van der Waals surface area contributed by atoms with Crippen molar-refractivity contribution in [2.24, 2.45) is 0 Å². The van der Waals surface area contributed by atoms with Crippen LogP contribution in [-0.4, -0.2) is 25.7 Å². The first-order valence-electron chi connectivity index (χ1n) is 6.54. The third-order valence-corrected chi connectivity index (χ3v) is 3.00. The third kappa shape index (κ3) is 3.47. The molecule has 0 atom stereocenters. The Morgan fingerprint density at radius 2 is 2.39 bits per heavy atom. The van der Waals surface area contributed by atoms with Crippen LogP contribution in [-0.2, 0) is 16.0 Å². The van der Waals surface area contributed by atoms with Crippen LogP contribution in [0.25, 0.3) is 0 Å². The van der Waals surface area contributed by atoms with Crippen molar-refractivity contribution in [3.63, 3.8) is 0 Å². The topological polar surface area (TPSA) is 50.4 Å². The van der Waals surface area contributed by atoms with Crippen molar-refractivity contribution in [2.45, 2.75) is 26.2 Å². The summed E-state index contributed by atoms with van der Waals surface area (Å²) >= 11 is 0. The molecular weight excluding hydrogens is 228 g/mol. The summed E-state index contributed by atoms with van der Waals surface area (Å²) in [5, 5.41) is 6.23. The molecule has 1 aromatic carbocycles. The number of amides is 1. The van der Waals surface area contributed by atoms with Crippen LogP contribution in [0, 0.1) is 0 Å². The Labute approximate surface area is 108 Å². The van der Waals surface area contributed by atoms with Gasteiger partial charge < -0.3 is 15.4 Å². The van der Waals surface area contributed by atoms with Crippen LogP contribution in [0.4, 0.5) is 11.4 Å². The van der Waals surface area contributed by atoms with Crippen molar-refractivity contribution in [3.8, 4) is 0 Å². The van der Waals surface area contributed by atoms with E-state index in [-0.39, 0.29) is 5.91 Å². The fraction of sp³-hybridized carbons (Fsp3) is 0.500. The van der Waals surface area contributed by atoms with E-state index >= 15 is 0 Å². The van der Waals surface area contributed by atoms with Crippen LogP contribution in [0.3, 0.4) is 0 Å². The molecule has 4 nitrogen and oxygen atoms in total. The second-order valence-corrected chi connectivity index (χ2v) is 4.40. The van der Waals surface area contributed by atoms with Crippen molar-refractivity contribution >= 4 is 17.3 Å². The van der Waals surface area contributed by atoms with E-state index in [0.717, 1.165) is 25.1 Å². The Bertz CT molecular complexity index is 418. The minimum atomic E-state index is 0.0561. The normalized spacial score (nSPS) is 12.9. The van der Waals surface area contributed by atoms with Gasteiger partial charge in [0.25, 0.3) is 0 Å². The molecule has 2 N–H and O–H groups in total. The first kappa shape index (κ1) is 12.9. The molecule has 0 saturated carbocycles. The van der Waals surface area contributed by atoms with Crippen LogP contribution in [0.5, 0.6) is 0 Å². The van der Waals surface area contributed by atoms with Gasteiger partial charge in [0.05, 0.1) is 0 Å². The van der Waals surface area contributed by atoms with E-state index in [0.29, 0.717) is 19.6 Å². The Morgan fingerprint density at radius 3 is 3.22 bits per heavy atom. The van der Waals surface area contributed by atoms with Crippen LogP contribution < -0.4 is 10.6 Å². The predicted molar refractivity (Wildman–Crippen MR) is 73.0 cm³/mol. The number of anilines is 2. The van der Waals surface area contributed by atoms with E-state index in [9.17, 15) is 4.79 Å². The molecule has 0 unspecified atom stereocenters. The quantitative estimate of drug-likeness (QED) is 0.760. The molecule has 0 saturated heterocycles. The van der Waals surface area contributed by atoms with E-state index in [1.165, 1.54) is 11.3 Å². The summed E-state index contributed by atoms with van der Waals surface area (Å²) < 4.78 is 5.21. The molecule has 0 aromatic heterocycles. The van der Waals surface area contributed by atoms with E-state index in [4.69, 9.17) is 4.74 Å². The van der Waals surface area contributed by atoms with Gasteiger partial charge in [-0.1, -0.05) is 0 Å². The molecule has 1 aromatic rings. The lowest BCUT2D eigenvalue weighted by Gasteiger charge is -2.07. The van der Waals surface area contributed by atoms with E-state index in [1.807, 2.05) is 19.1 Å². The predicted octanol–water partition coefficient (Wildman–Crippen LogP) is 2.41. The van der Waals surface area contributed by atoms with Crippen LogP contribution in [0.1, 0.15) is 25.3 Å². The maximum Gasteiger partial charge on any atom is 0.224 e. The van der Waals surface area contributed by atoms with E-state index in [2.05, 4.69) is 16.7 Å². The lowest BCUT2D eigenvalue weighted by molar-refractivity contribution is -0.116. The van der Waals surface area contributed by atoms with Crippen molar-refractivity contribution in [1.29, 1.82) is 0 Å². The number of hydrogen-bond donors (Lipinski definition) is 2. The number of carbonyl (C=O) groups excluding carboxylic acids is 1. The Kier molecular flexibility index (Phi) is 4.59. The zero-order chi connectivity index (χ0) is 12.8. The third-order valence-electron chi connectivity index (χ3n) is 3.00. The first-order valence-corrected chi connectivity index (χ1v) is 6.54. The summed E-state index contributed by atoms with van der Waals surface area (Å²) in [5.74, 6) is 0.0561. The van der Waals surface area contributed by atoms with Gasteiger partial charge in [0.1, 0.15) is 0 Å². The lowest BCUT2D eigenvalue weighted by atomic mass is 10.1. The maximum absolute atomic E-state index is 11.7. The van der Waals surface area contributed by atoms with Gasteiger partial charge >= 0.3 is 0 Å². The highest BCUT2D eigenvalue weighted by Crippen LogP contribution is 2.25. The number of ether oxygens (including phenoxy) is 1. The van der Waals surface area contributed by atoms with Gasteiger partial charge in [-0.05, 0) is 43.5 Å². The zero-order valence-electron chi connectivity index (χ0n) is 10.8. The summed E-state index contributed by atoms with van der Waals surface area (Å²) in [5.41, 5.74) is 3.35. The zero-order valence-corrected chi connectivity index (χ0v) is 10.8. The molecule has 0 spiro atoms. The molecule has 98 valence electrons. The van der Waals surface area contributed by atoms with Gasteiger partial charge in [0, 0.05) is 37.6 Å². The highest BCUT2D eigenvalue weighted by molar-refractivity contribution is 5.91. The Hall–Kier alpha value is -1.55. The fourth-order valence-corrected chi connectivity index (χ4v) is 2.09. The SMILES string of the molecule is CCOCCCC(=O)Nc1ccc2c(c1)CCN2. The van der Waals surface area contributed by atoms with Gasteiger partial charge in [-0.15, -0.1) is 0 Å². The van der Waals surface area contributed by atoms with Gasteiger partial charge in [-0.2, -0.15) is 0 Å². The molecule has 18 heavy (non-hydrogen) atoms. The molecule has 0 bridgehead atoms. The molecular formula is C14H20N2O2. The fourth-order valence-electron chi connectivity index (χ4n) is 2.09. The van der Waals surface area contributed by atoms with Gasteiger partial charge in [-0.25, -0.2) is 0 Å². The second-order valence-electron chi connectivity index (χ2n) is 4.40. The number of hydrogen-bond acceptors (Lipinski definition) is 3. The molecule has 1 aliphatic heterocycles. The summed E-state index contributed by atoms with van der Waals surface area (Å²) in [4.78, 5) is 11.7. The van der Waals surface area contributed by atoms with E-state index in [1.54, 1.807) is 0 Å². The molecule has 0 radical (unpaired) electrons. The molecule has 1 aliphatic rings. The molecule has 0 aliphatic carbocycles. The Balaban J connectivity index is 1.80. The van der Waals surface area contributed by atoms with Crippen molar-refractivity contribution in [1.82, 2.24) is 0 Å². The average molecular weight is 248 g/mol. The van der Waals surface area contributed by atoms with Gasteiger partial charge in [0.2, 0.25) is 5.91 Å². The standard InChI is InChI=1S/C14H20N2O2/c1-2-18-9-3-4-14(17)16-12-5-6-13-11(10-12)7-8-15-13/h5-6,10,15H,2-4,7-9H2,1H3,(H,16,17). The van der Waals surface area contributed by atoms with Crippen molar-refractivity contribution in [3.05, 3.63) is 23.8 Å². The van der Waals surface area contributed by atoms with Crippen LogP contribution in [0.2, 0.25) is 0 Å². The molecule has 1 heterocycles. The molecule has 0 fully saturated rings. The largest absolute Gasteiger partial charge is 0.384 e. The average Bonchev–Trinajstić information content (AvgIpc) is 2.82. The van der Waals surface area contributed by atoms with Crippen molar-refractivity contribution < 1.29 is 9.53 Å². The number of nitrogens with one attached hydrogen (secondary N) is 2. The smallest absolute Gasteiger partial charge is 0.224 e. The molecule has 4 heteroatoms. The van der Waals surface area contributed by atoms with Gasteiger partial charge in [-0.3, -0.25) is 4.79 Å². The van der Waals surface area contributed by atoms with Crippen molar-refractivity contribution in [2.75, 3.05) is 30.4 Å². The Morgan fingerprint density at radius 1 is 1.50 bits per heavy atom. The molecule has 1 amide bonds. The number of rotatable bonds is 6. The van der Waals surface area contributed by atoms with E-state index < -0.39 is 0 Å². The summed E-state index contributed by atoms with van der Waals surface area (Å²) in [6, 6.07) is 6.02. The minimum Gasteiger partial charge on any atom is -0.384 e. The highest BCUT2D eigenvalue weighted by Gasteiger charge is 2.10.